The van der Waals surface area contributed by atoms with E-state index in [0.29, 0.717) is 5.82 Å². The standard InChI is InChI=1S/C13H11Cl2N3O3/c1-7(2)13-16-10(15)6-11(17-13)21-12-8(14)4-3-5-9(12)18(19)20/h3-7H,1-2H3. The quantitative estimate of drug-likeness (QED) is 0.465. The second-order valence-corrected chi connectivity index (χ2v) is 5.28. The average molecular weight is 328 g/mol. The summed E-state index contributed by atoms with van der Waals surface area (Å²) in [5.41, 5.74) is -0.247. The van der Waals surface area contributed by atoms with Crippen molar-refractivity contribution in [2.75, 3.05) is 0 Å². The molecule has 2 rings (SSSR count). The predicted octanol–water partition coefficient (Wildman–Crippen LogP) is 4.61. The van der Waals surface area contributed by atoms with Gasteiger partial charge in [0.2, 0.25) is 11.6 Å². The van der Waals surface area contributed by atoms with Gasteiger partial charge in [0.15, 0.2) is 0 Å². The van der Waals surface area contributed by atoms with Crippen molar-refractivity contribution in [2.24, 2.45) is 0 Å². The van der Waals surface area contributed by atoms with Crippen LogP contribution in [0.1, 0.15) is 25.6 Å². The highest BCUT2D eigenvalue weighted by Gasteiger charge is 2.20. The van der Waals surface area contributed by atoms with Gasteiger partial charge >= 0.3 is 5.69 Å². The Balaban J connectivity index is 2.45. The molecular formula is C13H11Cl2N3O3. The molecular weight excluding hydrogens is 317 g/mol. The van der Waals surface area contributed by atoms with Crippen molar-refractivity contribution >= 4 is 28.9 Å². The molecule has 1 aromatic carbocycles. The SMILES string of the molecule is CC(C)c1nc(Cl)cc(Oc2c(Cl)cccc2[N+](=O)[O-])n1. The number of ether oxygens (including phenoxy) is 1. The Bertz CT molecular complexity index is 692. The Labute approximate surface area is 130 Å². The van der Waals surface area contributed by atoms with Crippen LogP contribution in [-0.2, 0) is 0 Å². The van der Waals surface area contributed by atoms with Crippen molar-refractivity contribution in [2.45, 2.75) is 19.8 Å². The topological polar surface area (TPSA) is 78.2 Å². The van der Waals surface area contributed by atoms with Gasteiger partial charge in [-0.3, -0.25) is 10.1 Å². The number of para-hydroxylation sites is 1. The lowest BCUT2D eigenvalue weighted by molar-refractivity contribution is -0.385. The fourth-order valence-electron chi connectivity index (χ4n) is 1.57. The van der Waals surface area contributed by atoms with E-state index in [4.69, 9.17) is 27.9 Å². The number of nitrogens with zero attached hydrogens (tertiary/aromatic N) is 3. The second-order valence-electron chi connectivity index (χ2n) is 4.49. The molecule has 8 heteroatoms. The largest absolute Gasteiger partial charge is 0.430 e. The lowest BCUT2D eigenvalue weighted by atomic mass is 10.2. The van der Waals surface area contributed by atoms with E-state index < -0.39 is 4.92 Å². The molecule has 0 unspecified atom stereocenters. The van der Waals surface area contributed by atoms with Gasteiger partial charge in [-0.1, -0.05) is 43.1 Å². The summed E-state index contributed by atoms with van der Waals surface area (Å²) in [7, 11) is 0. The first-order valence-electron chi connectivity index (χ1n) is 6.03. The molecule has 0 aliphatic rings. The minimum Gasteiger partial charge on any atom is -0.430 e. The number of nitro groups is 1. The molecule has 0 fully saturated rings. The molecule has 2 aromatic rings. The summed E-state index contributed by atoms with van der Waals surface area (Å²) < 4.78 is 5.46. The van der Waals surface area contributed by atoms with Crippen molar-refractivity contribution in [1.82, 2.24) is 9.97 Å². The summed E-state index contributed by atoms with van der Waals surface area (Å²) in [5, 5.41) is 11.3. The molecule has 0 spiro atoms. The van der Waals surface area contributed by atoms with Gasteiger partial charge in [-0.15, -0.1) is 0 Å². The molecule has 21 heavy (non-hydrogen) atoms. The zero-order chi connectivity index (χ0) is 15.6. The van der Waals surface area contributed by atoms with Crippen LogP contribution in [0.4, 0.5) is 5.69 Å². The van der Waals surface area contributed by atoms with E-state index in [9.17, 15) is 10.1 Å². The molecule has 0 radical (unpaired) electrons. The third-order valence-electron chi connectivity index (χ3n) is 2.55. The van der Waals surface area contributed by atoms with Crippen LogP contribution in [0.25, 0.3) is 0 Å². The Kier molecular flexibility index (Phi) is 4.59. The molecule has 110 valence electrons. The zero-order valence-corrected chi connectivity index (χ0v) is 12.7. The maximum absolute atomic E-state index is 11.0. The summed E-state index contributed by atoms with van der Waals surface area (Å²) in [6.45, 7) is 3.79. The van der Waals surface area contributed by atoms with Crippen LogP contribution < -0.4 is 4.74 Å². The molecule has 0 aliphatic heterocycles. The molecule has 0 saturated carbocycles. The van der Waals surface area contributed by atoms with Crippen LogP contribution >= 0.6 is 23.2 Å². The number of halogens is 2. The predicted molar refractivity (Wildman–Crippen MR) is 79.3 cm³/mol. The number of benzene rings is 1. The Morgan fingerprint density at radius 3 is 2.62 bits per heavy atom. The van der Waals surface area contributed by atoms with Crippen LogP contribution in [0, 0.1) is 10.1 Å². The zero-order valence-electron chi connectivity index (χ0n) is 11.2. The Morgan fingerprint density at radius 1 is 1.29 bits per heavy atom. The smallest absolute Gasteiger partial charge is 0.313 e. The molecule has 0 N–H and O–H groups in total. The van der Waals surface area contributed by atoms with Crippen molar-refractivity contribution in [3.8, 4) is 11.6 Å². The third kappa shape index (κ3) is 3.59. The van der Waals surface area contributed by atoms with Gasteiger partial charge in [0, 0.05) is 18.1 Å². The molecule has 0 atom stereocenters. The van der Waals surface area contributed by atoms with Gasteiger partial charge in [-0.05, 0) is 6.07 Å². The number of hydrogen-bond acceptors (Lipinski definition) is 5. The van der Waals surface area contributed by atoms with Crippen LogP contribution in [0.2, 0.25) is 10.2 Å². The number of nitro benzene ring substituents is 1. The Morgan fingerprint density at radius 2 is 2.00 bits per heavy atom. The van der Waals surface area contributed by atoms with E-state index in [2.05, 4.69) is 9.97 Å². The second kappa shape index (κ2) is 6.24. The van der Waals surface area contributed by atoms with E-state index in [1.165, 1.54) is 24.3 Å². The highest BCUT2D eigenvalue weighted by atomic mass is 35.5. The van der Waals surface area contributed by atoms with Gasteiger partial charge in [-0.2, -0.15) is 4.98 Å². The first-order valence-corrected chi connectivity index (χ1v) is 6.79. The van der Waals surface area contributed by atoms with Gasteiger partial charge in [-0.25, -0.2) is 4.98 Å². The van der Waals surface area contributed by atoms with Crippen LogP contribution in [0.5, 0.6) is 11.6 Å². The molecule has 1 heterocycles. The van der Waals surface area contributed by atoms with Crippen LogP contribution in [0.15, 0.2) is 24.3 Å². The maximum Gasteiger partial charge on any atom is 0.313 e. The van der Waals surface area contributed by atoms with Gasteiger partial charge < -0.3 is 4.74 Å². The minimum atomic E-state index is -0.576. The molecule has 0 saturated heterocycles. The fourth-order valence-corrected chi connectivity index (χ4v) is 1.96. The van der Waals surface area contributed by atoms with E-state index in [1.807, 2.05) is 13.8 Å². The lowest BCUT2D eigenvalue weighted by Gasteiger charge is -2.10. The summed E-state index contributed by atoms with van der Waals surface area (Å²) in [6, 6.07) is 5.64. The molecule has 1 aromatic heterocycles. The summed E-state index contributed by atoms with van der Waals surface area (Å²) in [5.74, 6) is 0.544. The van der Waals surface area contributed by atoms with E-state index in [1.54, 1.807) is 0 Å². The highest BCUT2D eigenvalue weighted by Crippen LogP contribution is 2.37. The van der Waals surface area contributed by atoms with Gasteiger partial charge in [0.25, 0.3) is 0 Å². The van der Waals surface area contributed by atoms with Gasteiger partial charge in [0.05, 0.1) is 9.95 Å². The third-order valence-corrected chi connectivity index (χ3v) is 3.05. The molecule has 6 nitrogen and oxygen atoms in total. The number of rotatable bonds is 4. The van der Waals surface area contributed by atoms with Crippen molar-refractivity contribution < 1.29 is 9.66 Å². The van der Waals surface area contributed by atoms with Crippen LogP contribution in [-0.4, -0.2) is 14.9 Å². The highest BCUT2D eigenvalue weighted by molar-refractivity contribution is 6.32. The molecule has 0 amide bonds. The van der Waals surface area contributed by atoms with Gasteiger partial charge in [0.1, 0.15) is 11.0 Å². The van der Waals surface area contributed by atoms with Crippen molar-refractivity contribution in [1.29, 1.82) is 0 Å². The molecule has 0 bridgehead atoms. The van der Waals surface area contributed by atoms with Crippen LogP contribution in [0.3, 0.4) is 0 Å². The fraction of sp³-hybridized carbons (Fsp3) is 0.231. The van der Waals surface area contributed by atoms with E-state index in [-0.39, 0.29) is 33.4 Å². The number of hydrogen-bond donors (Lipinski definition) is 0. The van der Waals surface area contributed by atoms with Crippen molar-refractivity contribution in [3.63, 3.8) is 0 Å². The first kappa shape index (κ1) is 15.5. The monoisotopic (exact) mass is 327 g/mol. The summed E-state index contributed by atoms with van der Waals surface area (Å²) in [6.07, 6.45) is 0. The minimum absolute atomic E-state index is 0.0345. The van der Waals surface area contributed by atoms with Crippen molar-refractivity contribution in [3.05, 3.63) is 50.4 Å². The normalized spacial score (nSPS) is 10.7. The average Bonchev–Trinajstić information content (AvgIpc) is 2.40. The van der Waals surface area contributed by atoms with E-state index in [0.717, 1.165) is 0 Å². The summed E-state index contributed by atoms with van der Waals surface area (Å²) >= 11 is 11.9. The summed E-state index contributed by atoms with van der Waals surface area (Å²) in [4.78, 5) is 18.7. The number of aromatic nitrogens is 2. The lowest BCUT2D eigenvalue weighted by Crippen LogP contribution is -2.01. The maximum atomic E-state index is 11.0. The molecule has 0 aliphatic carbocycles. The van der Waals surface area contributed by atoms with E-state index >= 15 is 0 Å². The first-order chi connectivity index (χ1) is 9.88. The Hall–Kier alpha value is -1.92.